The SMILES string of the molecule is C=CC1CCC(C2CC=C(c3ccc(-c4ccc(OCC)c(F)c4F)cn3)CC2)CC1. The summed E-state index contributed by atoms with van der Waals surface area (Å²) in [4.78, 5) is 4.57. The molecule has 2 aromatic rings. The molecule has 2 nitrogen and oxygen atoms in total. The zero-order valence-corrected chi connectivity index (χ0v) is 18.2. The van der Waals surface area contributed by atoms with Crippen molar-refractivity contribution < 1.29 is 13.5 Å². The van der Waals surface area contributed by atoms with E-state index in [2.05, 4.69) is 23.7 Å². The molecule has 1 atom stereocenters. The van der Waals surface area contributed by atoms with E-state index in [0.29, 0.717) is 11.5 Å². The van der Waals surface area contributed by atoms with E-state index in [1.54, 1.807) is 19.2 Å². The largest absolute Gasteiger partial charge is 0.491 e. The summed E-state index contributed by atoms with van der Waals surface area (Å²) in [6.07, 6.45) is 14.7. The predicted molar refractivity (Wildman–Crippen MR) is 122 cm³/mol. The highest BCUT2D eigenvalue weighted by Crippen LogP contribution is 2.41. The van der Waals surface area contributed by atoms with Gasteiger partial charge < -0.3 is 4.74 Å². The molecule has 1 heterocycles. The van der Waals surface area contributed by atoms with Crippen molar-refractivity contribution in [2.24, 2.45) is 17.8 Å². The molecule has 4 heteroatoms. The van der Waals surface area contributed by atoms with Crippen LogP contribution < -0.4 is 4.74 Å². The molecule has 0 bridgehead atoms. The van der Waals surface area contributed by atoms with Crippen molar-refractivity contribution in [3.05, 3.63) is 66.5 Å². The van der Waals surface area contributed by atoms with Gasteiger partial charge in [-0.15, -0.1) is 6.58 Å². The van der Waals surface area contributed by atoms with E-state index in [9.17, 15) is 8.78 Å². The number of pyridine rings is 1. The molecule has 0 aliphatic heterocycles. The van der Waals surface area contributed by atoms with Gasteiger partial charge in [0.25, 0.3) is 0 Å². The summed E-state index contributed by atoms with van der Waals surface area (Å²) in [7, 11) is 0. The number of ether oxygens (including phenoxy) is 1. The van der Waals surface area contributed by atoms with Crippen LogP contribution in [-0.2, 0) is 0 Å². The van der Waals surface area contributed by atoms with E-state index >= 15 is 0 Å². The zero-order chi connectivity index (χ0) is 21.8. The predicted octanol–water partition coefficient (Wildman–Crippen LogP) is 7.60. The number of halogens is 2. The molecule has 0 saturated heterocycles. The fourth-order valence-corrected chi connectivity index (χ4v) is 5.13. The lowest BCUT2D eigenvalue weighted by atomic mass is 9.71. The Morgan fingerprint density at radius 3 is 2.45 bits per heavy atom. The molecular formula is C27H31F2NO. The van der Waals surface area contributed by atoms with E-state index in [4.69, 9.17) is 4.74 Å². The molecule has 164 valence electrons. The molecular weight excluding hydrogens is 392 g/mol. The molecule has 1 aromatic carbocycles. The maximum atomic E-state index is 14.5. The second-order valence-electron chi connectivity index (χ2n) is 8.78. The smallest absolute Gasteiger partial charge is 0.201 e. The van der Waals surface area contributed by atoms with E-state index in [1.165, 1.54) is 43.7 Å². The standard InChI is InChI=1S/C27H31F2NO/c1-3-18-5-7-19(8-6-18)20-9-11-21(12-10-20)24-15-13-22(17-30-24)23-14-16-25(31-4-2)27(29)26(23)28/h3,11,13-20H,1,4-10,12H2,2H3. The highest BCUT2D eigenvalue weighted by atomic mass is 19.2. The Kier molecular flexibility index (Phi) is 6.84. The number of aromatic nitrogens is 1. The highest BCUT2D eigenvalue weighted by molar-refractivity contribution is 5.68. The van der Waals surface area contributed by atoms with Crippen LogP contribution in [0, 0.1) is 29.4 Å². The molecule has 0 spiro atoms. The third kappa shape index (κ3) is 4.73. The van der Waals surface area contributed by atoms with Crippen LogP contribution in [0.25, 0.3) is 16.7 Å². The van der Waals surface area contributed by atoms with E-state index in [1.807, 2.05) is 12.1 Å². The minimum Gasteiger partial charge on any atom is -0.491 e. The first kappa shape index (κ1) is 21.7. The average molecular weight is 424 g/mol. The molecule has 0 amide bonds. The summed E-state index contributed by atoms with van der Waals surface area (Å²) >= 11 is 0. The molecule has 1 aromatic heterocycles. The molecule has 2 aliphatic rings. The molecule has 0 N–H and O–H groups in total. The fraction of sp³-hybridized carbons (Fsp3) is 0.444. The molecule has 4 rings (SSSR count). The lowest BCUT2D eigenvalue weighted by Crippen LogP contribution is -2.22. The summed E-state index contributed by atoms with van der Waals surface area (Å²) in [5, 5.41) is 0. The number of rotatable bonds is 6. The van der Waals surface area contributed by atoms with Crippen LogP contribution in [0.5, 0.6) is 5.75 Å². The Hall–Kier alpha value is -2.49. The van der Waals surface area contributed by atoms with Crippen LogP contribution in [0.15, 0.2) is 49.2 Å². The van der Waals surface area contributed by atoms with Crippen LogP contribution in [0.4, 0.5) is 8.78 Å². The molecule has 0 radical (unpaired) electrons. The van der Waals surface area contributed by atoms with Crippen LogP contribution in [0.3, 0.4) is 0 Å². The van der Waals surface area contributed by atoms with Crippen LogP contribution >= 0.6 is 0 Å². The van der Waals surface area contributed by atoms with Crippen LogP contribution in [0.1, 0.15) is 57.6 Å². The Morgan fingerprint density at radius 1 is 1.03 bits per heavy atom. The zero-order valence-electron chi connectivity index (χ0n) is 18.2. The third-order valence-electron chi connectivity index (χ3n) is 7.02. The van der Waals surface area contributed by atoms with Crippen molar-refractivity contribution in [3.63, 3.8) is 0 Å². The number of nitrogens with zero attached hydrogens (tertiary/aromatic N) is 1. The minimum absolute atomic E-state index is 0.0618. The normalized spacial score (nSPS) is 23.8. The maximum absolute atomic E-state index is 14.5. The second kappa shape index (κ2) is 9.76. The van der Waals surface area contributed by atoms with Gasteiger partial charge >= 0.3 is 0 Å². The van der Waals surface area contributed by atoms with E-state index in [-0.39, 0.29) is 17.9 Å². The van der Waals surface area contributed by atoms with Gasteiger partial charge in [-0.3, -0.25) is 4.98 Å². The number of allylic oxidation sites excluding steroid dienone is 3. The molecule has 2 aliphatic carbocycles. The lowest BCUT2D eigenvalue weighted by Gasteiger charge is -2.34. The summed E-state index contributed by atoms with van der Waals surface area (Å²) in [5.41, 5.74) is 2.97. The van der Waals surface area contributed by atoms with Crippen molar-refractivity contribution in [2.75, 3.05) is 6.61 Å². The average Bonchev–Trinajstić information content (AvgIpc) is 2.83. The number of hydrogen-bond acceptors (Lipinski definition) is 2. The van der Waals surface area contributed by atoms with Gasteiger partial charge in [-0.2, -0.15) is 4.39 Å². The first-order chi connectivity index (χ1) is 15.1. The topological polar surface area (TPSA) is 22.1 Å². The molecule has 1 unspecified atom stereocenters. The first-order valence-electron chi connectivity index (χ1n) is 11.5. The van der Waals surface area contributed by atoms with Gasteiger partial charge in [0.15, 0.2) is 11.6 Å². The van der Waals surface area contributed by atoms with Gasteiger partial charge in [-0.25, -0.2) is 4.39 Å². The number of benzene rings is 1. The lowest BCUT2D eigenvalue weighted by molar-refractivity contribution is 0.212. The monoisotopic (exact) mass is 423 g/mol. The summed E-state index contributed by atoms with van der Waals surface area (Å²) in [6.45, 7) is 5.98. The Bertz CT molecular complexity index is 942. The van der Waals surface area contributed by atoms with Gasteiger partial charge in [0.1, 0.15) is 0 Å². The second-order valence-corrected chi connectivity index (χ2v) is 8.78. The van der Waals surface area contributed by atoms with Gasteiger partial charge in [0.05, 0.1) is 12.3 Å². The van der Waals surface area contributed by atoms with Crippen molar-refractivity contribution in [3.8, 4) is 16.9 Å². The minimum atomic E-state index is -0.952. The Balaban J connectivity index is 1.43. The summed E-state index contributed by atoms with van der Waals surface area (Å²) in [5.74, 6) is 0.408. The van der Waals surface area contributed by atoms with Gasteiger partial charge in [0.2, 0.25) is 5.82 Å². The van der Waals surface area contributed by atoms with Crippen LogP contribution in [0.2, 0.25) is 0 Å². The van der Waals surface area contributed by atoms with Gasteiger partial charge in [-0.1, -0.05) is 18.2 Å². The van der Waals surface area contributed by atoms with Crippen molar-refractivity contribution in [1.29, 1.82) is 0 Å². The van der Waals surface area contributed by atoms with E-state index in [0.717, 1.165) is 30.4 Å². The highest BCUT2D eigenvalue weighted by Gasteiger charge is 2.28. The van der Waals surface area contributed by atoms with Crippen LogP contribution in [-0.4, -0.2) is 11.6 Å². The Morgan fingerprint density at radius 2 is 1.84 bits per heavy atom. The van der Waals surface area contributed by atoms with Crippen molar-refractivity contribution in [2.45, 2.75) is 51.9 Å². The quantitative estimate of drug-likeness (QED) is 0.446. The Labute approximate surface area is 184 Å². The first-order valence-corrected chi connectivity index (χ1v) is 11.5. The van der Waals surface area contributed by atoms with Crippen molar-refractivity contribution in [1.82, 2.24) is 4.98 Å². The summed E-state index contributed by atoms with van der Waals surface area (Å²) < 4.78 is 33.8. The molecule has 31 heavy (non-hydrogen) atoms. The summed E-state index contributed by atoms with van der Waals surface area (Å²) in [6, 6.07) is 6.76. The maximum Gasteiger partial charge on any atom is 0.201 e. The van der Waals surface area contributed by atoms with Gasteiger partial charge in [-0.05, 0) is 93.4 Å². The fourth-order valence-electron chi connectivity index (χ4n) is 5.13. The molecule has 1 fully saturated rings. The molecule has 1 saturated carbocycles. The third-order valence-corrected chi connectivity index (χ3v) is 7.02. The van der Waals surface area contributed by atoms with E-state index < -0.39 is 11.6 Å². The van der Waals surface area contributed by atoms with Gasteiger partial charge in [0, 0.05) is 17.3 Å². The number of hydrogen-bond donors (Lipinski definition) is 0. The van der Waals surface area contributed by atoms with Crippen molar-refractivity contribution >= 4 is 5.57 Å².